The molecule has 0 atom stereocenters. The van der Waals surface area contributed by atoms with E-state index in [4.69, 9.17) is 81.7 Å². The maximum atomic E-state index is 13.0. The van der Waals surface area contributed by atoms with Crippen LogP contribution in [0.1, 0.15) is 111 Å². The first-order chi connectivity index (χ1) is 62.4. The predicted molar refractivity (Wildman–Crippen MR) is 521 cm³/mol. The van der Waals surface area contributed by atoms with Crippen molar-refractivity contribution in [1.82, 2.24) is 0 Å². The van der Waals surface area contributed by atoms with Gasteiger partial charge >= 0.3 is 0 Å². The van der Waals surface area contributed by atoms with Gasteiger partial charge in [0.1, 0.15) is 40.4 Å². The smallest absolute Gasteiger partial charge is 0.185 e. The van der Waals surface area contributed by atoms with Crippen molar-refractivity contribution in [2.45, 2.75) is 0 Å². The summed E-state index contributed by atoms with van der Waals surface area (Å²) in [5.41, 5.74) is 10.3. The summed E-state index contributed by atoms with van der Waals surface area (Å²) >= 11 is 29.1. The largest absolute Gasteiger partial charge is 0.497 e. The summed E-state index contributed by atoms with van der Waals surface area (Å²) in [4.78, 5) is 83.1. The van der Waals surface area contributed by atoms with Gasteiger partial charge < -0.3 is 23.7 Å². The van der Waals surface area contributed by atoms with E-state index in [1.165, 1.54) is 66.8 Å². The van der Waals surface area contributed by atoms with E-state index in [-0.39, 0.29) is 46.3 Å². The molecule has 0 fully saturated rings. The minimum Gasteiger partial charge on any atom is -0.497 e. The van der Waals surface area contributed by atoms with Crippen molar-refractivity contribution in [1.29, 1.82) is 0 Å². The standard InChI is InChI=1S/3C16H13ClO2.2C16H13FO2.2C15H11ClO/c1-19-15-9-2-12(3-10-15)4-11-16(18)13-5-7-14(17)8-6-13;1-19-15-7-2-4-12(10-15)8-9-16(18)13-5-3-6-14(17)11-13;1-19-15-8-5-12(6-9-15)7-10-16(18)13-3-2-4-14(17)11-13;1-19-15-7-2-4-12(10-15)8-9-16(18)13-5-3-6-14(17)11-13;1-19-15-4-2-3-12(11-15)5-10-16(18)13-6-8-14(17)9-7-13;16-14-8-4-7-13(11-14)15(17)10-9-12-5-2-1-3-6-12;16-14-9-7-13(8-10-14)15(17)11-6-12-4-2-1-3-5-12/h5*2-11H,1H3;2*1-11H/b11-4+;9-8+;10-7+;9-8+;10-5+;10-9+;11-6+. The van der Waals surface area contributed by atoms with Gasteiger partial charge in [0.05, 0.1) is 35.5 Å². The van der Waals surface area contributed by atoms with Crippen LogP contribution in [0.4, 0.5) is 8.78 Å². The Labute approximate surface area is 774 Å². The Kier molecular flexibility index (Phi) is 42.4. The average Bonchev–Trinajstić information content (AvgIpc) is 0.905. The molecule has 129 heavy (non-hydrogen) atoms. The van der Waals surface area contributed by atoms with Gasteiger partial charge in [0.2, 0.25) is 0 Å². The van der Waals surface area contributed by atoms with E-state index in [1.54, 1.807) is 224 Å². The van der Waals surface area contributed by atoms with E-state index in [9.17, 15) is 42.3 Å². The molecule has 0 amide bonds. The highest BCUT2D eigenvalue weighted by molar-refractivity contribution is 6.32. The van der Waals surface area contributed by atoms with Gasteiger partial charge in [0, 0.05) is 64.1 Å². The van der Waals surface area contributed by atoms with Crippen molar-refractivity contribution in [2.75, 3.05) is 35.5 Å². The van der Waals surface area contributed by atoms with Gasteiger partial charge in [-0.05, 0) is 263 Å². The topological polar surface area (TPSA) is 166 Å². The van der Waals surface area contributed by atoms with Gasteiger partial charge in [0.15, 0.2) is 40.5 Å². The summed E-state index contributed by atoms with van der Waals surface area (Å²) in [7, 11) is 8.02. The van der Waals surface area contributed by atoms with Crippen molar-refractivity contribution < 1.29 is 66.0 Å². The lowest BCUT2D eigenvalue weighted by atomic mass is 10.1. The van der Waals surface area contributed by atoms with Crippen LogP contribution in [0.15, 0.2) is 394 Å². The number of hydrogen-bond acceptors (Lipinski definition) is 12. The predicted octanol–water partition coefficient (Wildman–Crippen LogP) is 28.7. The van der Waals surface area contributed by atoms with Crippen molar-refractivity contribution in [3.63, 3.8) is 0 Å². The van der Waals surface area contributed by atoms with Gasteiger partial charge in [0.25, 0.3) is 0 Å². The number of ether oxygens (including phenoxy) is 5. The zero-order valence-electron chi connectivity index (χ0n) is 70.6. The molecular formula is C110H87Cl5F2O12. The molecule has 0 aromatic heterocycles. The molecule has 648 valence electrons. The number of benzene rings is 14. The molecule has 0 saturated carbocycles. The maximum absolute atomic E-state index is 13.0. The van der Waals surface area contributed by atoms with Crippen molar-refractivity contribution in [2.24, 2.45) is 0 Å². The lowest BCUT2D eigenvalue weighted by Crippen LogP contribution is -1.94. The van der Waals surface area contributed by atoms with Crippen LogP contribution in [0.25, 0.3) is 42.5 Å². The molecule has 14 aromatic rings. The van der Waals surface area contributed by atoms with E-state index in [0.717, 1.165) is 67.7 Å². The fourth-order valence-corrected chi connectivity index (χ4v) is 11.9. The monoisotopic (exact) mass is 1810 g/mol. The van der Waals surface area contributed by atoms with Crippen molar-refractivity contribution >= 4 is 141 Å². The number of rotatable bonds is 26. The molecule has 0 aliphatic carbocycles. The van der Waals surface area contributed by atoms with Gasteiger partial charge in [-0.1, -0.05) is 270 Å². The molecular weight excluding hydrogens is 1730 g/mol. The first-order valence-corrected chi connectivity index (χ1v) is 41.5. The highest BCUT2D eigenvalue weighted by atomic mass is 35.5. The van der Waals surface area contributed by atoms with Crippen molar-refractivity contribution in [3.8, 4) is 28.7 Å². The van der Waals surface area contributed by atoms with Crippen LogP contribution < -0.4 is 23.7 Å². The second-order valence-corrected chi connectivity index (χ2v) is 29.3. The molecule has 0 aliphatic heterocycles. The minimum atomic E-state index is -0.416. The number of hydrogen-bond donors (Lipinski definition) is 0. The Bertz CT molecular complexity index is 6120. The number of carbonyl (C=O) groups excluding carboxylic acids is 7. The quantitative estimate of drug-likeness (QED) is 0.0373. The van der Waals surface area contributed by atoms with Crippen LogP contribution >= 0.6 is 58.0 Å². The molecule has 0 spiro atoms. The maximum Gasteiger partial charge on any atom is 0.185 e. The molecule has 0 heterocycles. The number of allylic oxidation sites excluding steroid dienone is 7. The van der Waals surface area contributed by atoms with Gasteiger partial charge in [-0.15, -0.1) is 0 Å². The molecule has 0 saturated heterocycles. The number of methoxy groups -OCH3 is 5. The van der Waals surface area contributed by atoms with Gasteiger partial charge in [-0.25, -0.2) is 8.78 Å². The highest BCUT2D eigenvalue weighted by Crippen LogP contribution is 2.23. The van der Waals surface area contributed by atoms with E-state index < -0.39 is 5.82 Å². The van der Waals surface area contributed by atoms with E-state index in [1.807, 2.05) is 182 Å². The fraction of sp³-hybridized carbons (Fsp3) is 0.0455. The van der Waals surface area contributed by atoms with Gasteiger partial charge in [-0.2, -0.15) is 0 Å². The molecule has 0 radical (unpaired) electrons. The first-order valence-electron chi connectivity index (χ1n) is 39.6. The summed E-state index contributed by atoms with van der Waals surface area (Å²) in [6.45, 7) is 0. The van der Waals surface area contributed by atoms with E-state index in [0.29, 0.717) is 64.1 Å². The summed E-state index contributed by atoms with van der Waals surface area (Å²) in [5, 5.41) is 2.94. The molecule has 19 heteroatoms. The second kappa shape index (κ2) is 54.9. The molecule has 0 unspecified atom stereocenters. The fourth-order valence-electron chi connectivity index (χ4n) is 11.1. The molecule has 14 rings (SSSR count). The number of ketones is 7. The number of carbonyl (C=O) groups is 7. The first kappa shape index (κ1) is 99.7. The van der Waals surface area contributed by atoms with E-state index in [2.05, 4.69) is 0 Å². The Balaban J connectivity index is 0.000000186. The second-order valence-electron chi connectivity index (χ2n) is 27.1. The van der Waals surface area contributed by atoms with Crippen LogP contribution in [-0.4, -0.2) is 76.0 Å². The SMILES string of the molecule is COc1ccc(/C=C/C(=O)c2ccc(Cl)cc2)cc1.COc1ccc(/C=C/C(=O)c2cccc(Cl)c2)cc1.COc1cccc(/C=C/C(=O)c2ccc(F)cc2)c1.COc1cccc(/C=C/C(=O)c2cccc(Cl)c2)c1.COc1cccc(/C=C/C(=O)c2cccc(F)c2)c1.O=C(/C=C/c1ccccc1)c1ccc(Cl)cc1.O=C(/C=C/c1ccccc1)c1cccc(Cl)c1. The molecule has 12 nitrogen and oxygen atoms in total. The van der Waals surface area contributed by atoms with Crippen LogP contribution in [-0.2, 0) is 0 Å². The Morgan fingerprint density at radius 1 is 0.194 bits per heavy atom. The molecule has 14 aromatic carbocycles. The Morgan fingerprint density at radius 3 is 0.698 bits per heavy atom. The summed E-state index contributed by atoms with van der Waals surface area (Å²) in [6, 6.07) is 102. The van der Waals surface area contributed by atoms with E-state index >= 15 is 0 Å². The zero-order chi connectivity index (χ0) is 92.5. The van der Waals surface area contributed by atoms with Crippen LogP contribution in [0, 0.1) is 11.6 Å². The third-order valence-corrected chi connectivity index (χ3v) is 19.1. The van der Waals surface area contributed by atoms with Crippen molar-refractivity contribution in [3.05, 3.63) is 509 Å². The summed E-state index contributed by atoms with van der Waals surface area (Å²) in [6.07, 6.45) is 22.9. The number of halogens is 7. The molecule has 0 bridgehead atoms. The molecule has 0 aliphatic rings. The average molecular weight is 1820 g/mol. The zero-order valence-corrected chi connectivity index (χ0v) is 74.4. The summed E-state index contributed by atoms with van der Waals surface area (Å²) < 4.78 is 51.2. The third-order valence-electron chi connectivity index (χ3n) is 17.9. The Hall–Kier alpha value is -14.7. The summed E-state index contributed by atoms with van der Waals surface area (Å²) in [5.74, 6) is 2.37. The van der Waals surface area contributed by atoms with Crippen LogP contribution in [0.3, 0.4) is 0 Å². The lowest BCUT2D eigenvalue weighted by Gasteiger charge is -2.00. The van der Waals surface area contributed by atoms with Crippen LogP contribution in [0.5, 0.6) is 28.7 Å². The normalized spacial score (nSPS) is 10.6. The third kappa shape index (κ3) is 37.2. The highest BCUT2D eigenvalue weighted by Gasteiger charge is 2.10. The molecule has 0 N–H and O–H groups in total. The minimum absolute atomic E-state index is 0.0227. The lowest BCUT2D eigenvalue weighted by molar-refractivity contribution is 0.103. The van der Waals surface area contributed by atoms with Crippen LogP contribution in [0.2, 0.25) is 25.1 Å². The van der Waals surface area contributed by atoms with Gasteiger partial charge in [-0.3, -0.25) is 33.6 Å². The Morgan fingerprint density at radius 2 is 0.426 bits per heavy atom.